The zero-order valence-corrected chi connectivity index (χ0v) is 21.4. The highest BCUT2D eigenvalue weighted by atomic mass is 16.5. The highest BCUT2D eigenvalue weighted by Gasteiger charge is 2.19. The van der Waals surface area contributed by atoms with Gasteiger partial charge in [0, 0.05) is 37.5 Å². The summed E-state index contributed by atoms with van der Waals surface area (Å²) in [5.41, 5.74) is 6.18. The van der Waals surface area contributed by atoms with Crippen LogP contribution < -0.4 is 10.1 Å². The molecular weight excluding hydrogens is 464 g/mol. The molecule has 0 unspecified atom stereocenters. The first-order valence-electron chi connectivity index (χ1n) is 12.5. The van der Waals surface area contributed by atoms with E-state index in [0.29, 0.717) is 39.7 Å². The number of ether oxygens (including phenoxy) is 1. The number of pyridine rings is 1. The predicted molar refractivity (Wildman–Crippen MR) is 143 cm³/mol. The molecule has 0 aliphatic carbocycles. The lowest BCUT2D eigenvalue weighted by atomic mass is 9.94. The minimum absolute atomic E-state index is 0.102. The molecule has 37 heavy (non-hydrogen) atoms. The number of methoxy groups -OCH3 is 1. The van der Waals surface area contributed by atoms with Crippen LogP contribution in [0, 0.1) is 17.2 Å². The van der Waals surface area contributed by atoms with Crippen molar-refractivity contribution in [2.24, 2.45) is 5.92 Å². The van der Waals surface area contributed by atoms with E-state index in [2.05, 4.69) is 28.5 Å². The van der Waals surface area contributed by atoms with Crippen molar-refractivity contribution < 1.29 is 13.9 Å². The van der Waals surface area contributed by atoms with Gasteiger partial charge >= 0.3 is 0 Å². The summed E-state index contributed by atoms with van der Waals surface area (Å²) in [5, 5.41) is 13.3. The summed E-state index contributed by atoms with van der Waals surface area (Å²) in [4.78, 5) is 18.4. The fourth-order valence-corrected chi connectivity index (χ4v) is 4.97. The number of hydrogen-bond acceptors (Lipinski definition) is 6. The molecule has 1 atom stereocenters. The maximum Gasteiger partial charge on any atom is 0.253 e. The fourth-order valence-electron chi connectivity index (χ4n) is 4.97. The van der Waals surface area contributed by atoms with Gasteiger partial charge in [-0.05, 0) is 79.7 Å². The second-order valence-corrected chi connectivity index (χ2v) is 9.68. The number of nitrogens with one attached hydrogen (secondary N) is 1. The number of benzene rings is 2. The summed E-state index contributed by atoms with van der Waals surface area (Å²) < 4.78 is 11.9. The van der Waals surface area contributed by atoms with E-state index in [0.717, 1.165) is 48.2 Å². The molecule has 2 aromatic heterocycles. The average molecular weight is 495 g/mol. The zero-order valence-electron chi connectivity index (χ0n) is 21.4. The highest BCUT2D eigenvalue weighted by Crippen LogP contribution is 2.38. The van der Waals surface area contributed by atoms with Gasteiger partial charge in [0.2, 0.25) is 0 Å². The van der Waals surface area contributed by atoms with Crippen molar-refractivity contribution in [2.45, 2.75) is 19.3 Å². The second kappa shape index (κ2) is 10.5. The number of nitriles is 1. The summed E-state index contributed by atoms with van der Waals surface area (Å²) in [7, 11) is 5.00. The minimum Gasteiger partial charge on any atom is -0.496 e. The van der Waals surface area contributed by atoms with Crippen molar-refractivity contribution in [1.82, 2.24) is 15.2 Å². The molecule has 188 valence electrons. The van der Waals surface area contributed by atoms with Crippen molar-refractivity contribution in [3.63, 3.8) is 0 Å². The monoisotopic (exact) mass is 494 g/mol. The van der Waals surface area contributed by atoms with E-state index in [-0.39, 0.29) is 5.91 Å². The first kappa shape index (κ1) is 24.5. The van der Waals surface area contributed by atoms with E-state index >= 15 is 0 Å². The molecule has 7 heteroatoms. The maximum atomic E-state index is 12.4. The molecule has 1 aliphatic rings. The topological polar surface area (TPSA) is 91.4 Å². The quantitative estimate of drug-likeness (QED) is 0.376. The smallest absolute Gasteiger partial charge is 0.253 e. The fraction of sp³-hybridized carbons (Fsp3) is 0.300. The molecule has 0 saturated carbocycles. The lowest BCUT2D eigenvalue weighted by Gasteiger charge is -2.12. The molecule has 1 fully saturated rings. The molecule has 4 aromatic rings. The third-order valence-corrected chi connectivity index (χ3v) is 7.06. The van der Waals surface area contributed by atoms with Gasteiger partial charge in [-0.3, -0.25) is 9.78 Å². The van der Waals surface area contributed by atoms with Crippen molar-refractivity contribution >= 4 is 17.0 Å². The van der Waals surface area contributed by atoms with Crippen LogP contribution in [-0.4, -0.2) is 50.1 Å². The lowest BCUT2D eigenvalue weighted by molar-refractivity contribution is 0.0827. The number of carbonyl (C=O) groups is 1. The summed E-state index contributed by atoms with van der Waals surface area (Å²) in [5.74, 6) is 1.72. The van der Waals surface area contributed by atoms with E-state index in [1.54, 1.807) is 39.5 Å². The van der Waals surface area contributed by atoms with Gasteiger partial charge in [0.1, 0.15) is 17.0 Å². The Kier molecular flexibility index (Phi) is 6.93. The van der Waals surface area contributed by atoms with Crippen molar-refractivity contribution in [3.8, 4) is 34.3 Å². The van der Waals surface area contributed by atoms with Crippen LogP contribution in [0.15, 0.2) is 59.1 Å². The van der Waals surface area contributed by atoms with Gasteiger partial charge in [0.25, 0.3) is 5.91 Å². The molecule has 1 saturated heterocycles. The van der Waals surface area contributed by atoms with Crippen molar-refractivity contribution in [2.75, 3.05) is 34.3 Å². The van der Waals surface area contributed by atoms with Gasteiger partial charge in [-0.25, -0.2) is 0 Å². The summed E-state index contributed by atoms with van der Waals surface area (Å²) in [6, 6.07) is 17.6. The third-order valence-electron chi connectivity index (χ3n) is 7.06. The second-order valence-electron chi connectivity index (χ2n) is 9.68. The standard InChI is InChI=1S/C30H30N4O3/c1-34(2)30(35)22-8-9-25(27(15-22)36-3)28-16-26-29(37-28)24(11-13-33-26)21-7-6-20(23(14-21)17-31)5-4-19-10-12-32-18-19/h6-9,11,13-16,19,32H,4-5,10,12,18H2,1-3H3/t19-/m1/s1. The molecule has 0 radical (unpaired) electrons. The molecule has 0 bridgehead atoms. The Hall–Kier alpha value is -4.15. The lowest BCUT2D eigenvalue weighted by Crippen LogP contribution is -2.21. The van der Waals surface area contributed by atoms with Gasteiger partial charge in [0.05, 0.1) is 24.3 Å². The minimum atomic E-state index is -0.102. The number of furan rings is 1. The van der Waals surface area contributed by atoms with Crippen LogP contribution in [0.4, 0.5) is 0 Å². The van der Waals surface area contributed by atoms with Gasteiger partial charge < -0.3 is 19.4 Å². The Morgan fingerprint density at radius 2 is 2.05 bits per heavy atom. The van der Waals surface area contributed by atoms with E-state index < -0.39 is 0 Å². The van der Waals surface area contributed by atoms with Crippen molar-refractivity contribution in [3.05, 3.63) is 71.4 Å². The molecule has 2 aromatic carbocycles. The van der Waals surface area contributed by atoms with Crippen LogP contribution in [0.5, 0.6) is 5.75 Å². The normalized spacial score (nSPS) is 15.0. The van der Waals surface area contributed by atoms with E-state index in [1.807, 2.05) is 24.3 Å². The number of hydrogen-bond donors (Lipinski definition) is 1. The van der Waals surface area contributed by atoms with E-state index in [1.165, 1.54) is 11.3 Å². The Balaban J connectivity index is 1.49. The van der Waals surface area contributed by atoms with E-state index in [4.69, 9.17) is 9.15 Å². The van der Waals surface area contributed by atoms with Crippen LogP contribution in [0.1, 0.15) is 34.3 Å². The number of aromatic nitrogens is 1. The van der Waals surface area contributed by atoms with Gasteiger partial charge in [-0.2, -0.15) is 5.26 Å². The van der Waals surface area contributed by atoms with Crippen molar-refractivity contribution in [1.29, 1.82) is 5.26 Å². The van der Waals surface area contributed by atoms with Crippen LogP contribution >= 0.6 is 0 Å². The van der Waals surface area contributed by atoms with Gasteiger partial charge in [0.15, 0.2) is 5.58 Å². The molecule has 3 heterocycles. The van der Waals surface area contributed by atoms with Gasteiger partial charge in [-0.1, -0.05) is 12.1 Å². The molecule has 1 N–H and O–H groups in total. The molecule has 1 aliphatic heterocycles. The molecule has 7 nitrogen and oxygen atoms in total. The van der Waals surface area contributed by atoms with Crippen LogP contribution in [0.25, 0.3) is 33.6 Å². The first-order valence-corrected chi connectivity index (χ1v) is 12.5. The van der Waals surface area contributed by atoms with Gasteiger partial charge in [-0.15, -0.1) is 0 Å². The molecule has 5 rings (SSSR count). The molecule has 0 spiro atoms. The number of fused-ring (bicyclic) bond motifs is 1. The maximum absolute atomic E-state index is 12.4. The largest absolute Gasteiger partial charge is 0.496 e. The Labute approximate surface area is 216 Å². The Bertz CT molecular complexity index is 1490. The third kappa shape index (κ3) is 4.93. The first-order chi connectivity index (χ1) is 18.0. The van der Waals surface area contributed by atoms with E-state index in [9.17, 15) is 10.1 Å². The predicted octanol–water partition coefficient (Wildman–Crippen LogP) is 5.29. The summed E-state index contributed by atoms with van der Waals surface area (Å²) in [6.45, 7) is 2.15. The summed E-state index contributed by atoms with van der Waals surface area (Å²) in [6.07, 6.45) is 4.94. The SMILES string of the molecule is COc1cc(C(=O)N(C)C)ccc1-c1cc2nccc(-c3ccc(CC[C@@H]4CCNC4)c(C#N)c3)c2o1. The number of rotatable bonds is 7. The Morgan fingerprint density at radius 3 is 2.78 bits per heavy atom. The number of carbonyl (C=O) groups excluding carboxylic acids is 1. The van der Waals surface area contributed by atoms with Crippen LogP contribution in [0.2, 0.25) is 0 Å². The average Bonchev–Trinajstić information content (AvgIpc) is 3.61. The number of nitrogens with zero attached hydrogens (tertiary/aromatic N) is 3. The van der Waals surface area contributed by atoms with Crippen LogP contribution in [0.3, 0.4) is 0 Å². The number of amides is 1. The Morgan fingerprint density at radius 1 is 1.19 bits per heavy atom. The highest BCUT2D eigenvalue weighted by molar-refractivity contribution is 5.96. The zero-order chi connectivity index (χ0) is 25.9. The van der Waals surface area contributed by atoms with Crippen LogP contribution in [-0.2, 0) is 6.42 Å². The number of aryl methyl sites for hydroxylation is 1. The summed E-state index contributed by atoms with van der Waals surface area (Å²) >= 11 is 0. The molecular formula is C30H30N4O3. The molecule has 1 amide bonds.